The number of halogens is 1. The van der Waals surface area contributed by atoms with E-state index in [9.17, 15) is 0 Å². The number of hydrogen-bond donors (Lipinski definition) is 0. The second-order valence-corrected chi connectivity index (χ2v) is 18.4. The molecular weight excluding hydrogens is 676 g/mol. The third-order valence-electron chi connectivity index (χ3n) is 10.4. The molecule has 6 aromatic rings. The van der Waals surface area contributed by atoms with Crippen molar-refractivity contribution < 1.29 is 0 Å². The topological polar surface area (TPSA) is 6.48 Å². The van der Waals surface area contributed by atoms with Gasteiger partial charge in [0.15, 0.2) is 0 Å². The third-order valence-corrected chi connectivity index (χ3v) is 10.8. The average Bonchev–Trinajstić information content (AvgIpc) is 3.11. The minimum absolute atomic E-state index is 0.0292. The van der Waals surface area contributed by atoms with E-state index in [1.54, 1.807) is 0 Å². The summed E-state index contributed by atoms with van der Waals surface area (Å²) in [6.07, 6.45) is 0. The lowest BCUT2D eigenvalue weighted by Gasteiger charge is -2.33. The highest BCUT2D eigenvalue weighted by Gasteiger charge is 2.27. The number of nitrogens with zero attached hydrogens (tertiary/aromatic N) is 2. The summed E-state index contributed by atoms with van der Waals surface area (Å²) < 4.78 is 0. The Morgan fingerprint density at radius 2 is 0.741 bits per heavy atom. The smallest absolute Gasteiger partial charge is 0.0887 e. The second-order valence-electron chi connectivity index (χ2n) is 18.1. The van der Waals surface area contributed by atoms with Crippen molar-refractivity contribution in [2.45, 2.75) is 99.3 Å². The van der Waals surface area contributed by atoms with Gasteiger partial charge in [-0.2, -0.15) is 0 Å². The zero-order chi connectivity index (χ0) is 39.2. The van der Waals surface area contributed by atoms with Crippen molar-refractivity contribution in [2.75, 3.05) is 9.80 Å². The van der Waals surface area contributed by atoms with E-state index in [2.05, 4.69) is 220 Å². The number of benzene rings is 6. The minimum atomic E-state index is -0.0292. The maximum absolute atomic E-state index is 7.83. The standard InChI is InChI=1S/C51H57ClN2/c1-34-13-24-41(25-14-34)53(42-28-21-39(22-29-42)50(7,8)9)46-31-36(3)32-47(48(46)52)54(43-26-15-35(2)16-27-43)45-30-23-40(51(10,11)12)33-44(45)37-17-19-38(20-18-37)49(4,5)6/h13-33H,1-12H3. The molecule has 278 valence electrons. The fraction of sp³-hybridized carbons (Fsp3) is 0.294. The van der Waals surface area contributed by atoms with E-state index in [0.29, 0.717) is 5.02 Å². The van der Waals surface area contributed by atoms with E-state index in [4.69, 9.17) is 11.6 Å². The Bertz CT molecular complexity index is 2220. The first kappa shape index (κ1) is 38.9. The maximum Gasteiger partial charge on any atom is 0.0887 e. The molecule has 0 fully saturated rings. The van der Waals surface area contributed by atoms with Crippen LogP contribution in [0.25, 0.3) is 11.1 Å². The summed E-state index contributed by atoms with van der Waals surface area (Å²) in [5.41, 5.74) is 15.9. The molecule has 0 aromatic heterocycles. The Hall–Kier alpha value is -4.79. The van der Waals surface area contributed by atoms with E-state index in [-0.39, 0.29) is 16.2 Å². The number of hydrogen-bond acceptors (Lipinski definition) is 2. The van der Waals surface area contributed by atoms with Crippen molar-refractivity contribution in [3.05, 3.63) is 166 Å². The molecule has 0 bridgehead atoms. The van der Waals surface area contributed by atoms with Gasteiger partial charge in [-0.15, -0.1) is 0 Å². The van der Waals surface area contributed by atoms with Crippen LogP contribution in [0, 0.1) is 20.8 Å². The Morgan fingerprint density at radius 1 is 0.370 bits per heavy atom. The summed E-state index contributed by atoms with van der Waals surface area (Å²) in [4.78, 5) is 4.65. The van der Waals surface area contributed by atoms with E-state index in [0.717, 1.165) is 45.3 Å². The zero-order valence-corrected chi connectivity index (χ0v) is 35.2. The van der Waals surface area contributed by atoms with Gasteiger partial charge in [0.2, 0.25) is 0 Å². The lowest BCUT2D eigenvalue weighted by atomic mass is 9.83. The van der Waals surface area contributed by atoms with Crippen molar-refractivity contribution in [3.8, 4) is 11.1 Å². The van der Waals surface area contributed by atoms with Gasteiger partial charge in [-0.05, 0) is 125 Å². The van der Waals surface area contributed by atoms with Crippen LogP contribution in [0.2, 0.25) is 5.02 Å². The molecule has 0 saturated heterocycles. The second kappa shape index (κ2) is 14.8. The van der Waals surface area contributed by atoms with Gasteiger partial charge in [-0.1, -0.05) is 152 Å². The molecule has 0 N–H and O–H groups in total. The van der Waals surface area contributed by atoms with Crippen LogP contribution in [0.4, 0.5) is 34.1 Å². The van der Waals surface area contributed by atoms with E-state index in [1.807, 2.05) is 0 Å². The van der Waals surface area contributed by atoms with Gasteiger partial charge in [-0.25, -0.2) is 0 Å². The molecule has 6 aromatic carbocycles. The molecule has 0 aliphatic carbocycles. The summed E-state index contributed by atoms with van der Waals surface area (Å²) in [5, 5.41) is 0.676. The SMILES string of the molecule is Cc1ccc(N(c2ccc(C(C)(C)C)cc2)c2cc(C)cc(N(c3ccc(C)cc3)c3ccc(C(C)(C)C)cc3-c3ccc(C(C)(C)C)cc3)c2Cl)cc1. The average molecular weight is 733 g/mol. The van der Waals surface area contributed by atoms with Crippen molar-refractivity contribution in [1.29, 1.82) is 0 Å². The fourth-order valence-electron chi connectivity index (χ4n) is 6.97. The van der Waals surface area contributed by atoms with Gasteiger partial charge < -0.3 is 9.80 Å². The molecule has 0 heterocycles. The predicted molar refractivity (Wildman–Crippen MR) is 237 cm³/mol. The number of rotatable bonds is 7. The summed E-state index contributed by atoms with van der Waals surface area (Å²) in [5.74, 6) is 0. The summed E-state index contributed by atoms with van der Waals surface area (Å²) in [7, 11) is 0. The molecule has 0 unspecified atom stereocenters. The number of aryl methyl sites for hydroxylation is 3. The highest BCUT2D eigenvalue weighted by Crippen LogP contribution is 2.50. The highest BCUT2D eigenvalue weighted by molar-refractivity contribution is 6.36. The third kappa shape index (κ3) is 8.30. The van der Waals surface area contributed by atoms with Crippen molar-refractivity contribution in [3.63, 3.8) is 0 Å². The van der Waals surface area contributed by atoms with Crippen molar-refractivity contribution in [1.82, 2.24) is 0 Å². The monoisotopic (exact) mass is 732 g/mol. The van der Waals surface area contributed by atoms with Crippen LogP contribution in [-0.4, -0.2) is 0 Å². The molecule has 0 spiro atoms. The van der Waals surface area contributed by atoms with Crippen LogP contribution in [0.1, 0.15) is 95.7 Å². The first-order chi connectivity index (χ1) is 25.3. The van der Waals surface area contributed by atoms with E-state index >= 15 is 0 Å². The normalized spacial score (nSPS) is 12.2. The first-order valence-electron chi connectivity index (χ1n) is 19.2. The van der Waals surface area contributed by atoms with E-state index < -0.39 is 0 Å². The molecule has 54 heavy (non-hydrogen) atoms. The lowest BCUT2D eigenvalue weighted by Crippen LogP contribution is -2.17. The molecule has 0 radical (unpaired) electrons. The van der Waals surface area contributed by atoms with Gasteiger partial charge in [0.1, 0.15) is 0 Å². The molecule has 0 aliphatic rings. The van der Waals surface area contributed by atoms with Crippen molar-refractivity contribution in [2.24, 2.45) is 0 Å². The van der Waals surface area contributed by atoms with Gasteiger partial charge in [0.05, 0.1) is 22.1 Å². The van der Waals surface area contributed by atoms with Crippen LogP contribution < -0.4 is 9.80 Å². The minimum Gasteiger partial charge on any atom is -0.309 e. The van der Waals surface area contributed by atoms with Crippen LogP contribution in [0.3, 0.4) is 0 Å². The van der Waals surface area contributed by atoms with Gasteiger partial charge in [0.25, 0.3) is 0 Å². The van der Waals surface area contributed by atoms with E-state index in [1.165, 1.54) is 33.4 Å². The molecule has 0 atom stereocenters. The molecular formula is C51H57ClN2. The molecule has 0 aliphatic heterocycles. The Morgan fingerprint density at radius 3 is 1.19 bits per heavy atom. The van der Waals surface area contributed by atoms with Crippen molar-refractivity contribution >= 4 is 45.7 Å². The number of anilines is 6. The van der Waals surface area contributed by atoms with Gasteiger partial charge in [0, 0.05) is 22.6 Å². The van der Waals surface area contributed by atoms with Crippen LogP contribution in [-0.2, 0) is 16.2 Å². The molecule has 0 amide bonds. The molecule has 6 rings (SSSR count). The largest absolute Gasteiger partial charge is 0.309 e. The predicted octanol–water partition coefficient (Wildman–Crippen LogP) is 15.8. The van der Waals surface area contributed by atoms with Crippen LogP contribution >= 0.6 is 11.6 Å². The molecule has 0 saturated carbocycles. The Balaban J connectivity index is 1.63. The zero-order valence-electron chi connectivity index (χ0n) is 34.4. The fourth-order valence-corrected chi connectivity index (χ4v) is 7.25. The van der Waals surface area contributed by atoms with Gasteiger partial charge >= 0.3 is 0 Å². The quantitative estimate of drug-likeness (QED) is 0.161. The summed E-state index contributed by atoms with van der Waals surface area (Å²) >= 11 is 7.83. The Kier molecular flexibility index (Phi) is 10.7. The molecule has 3 heteroatoms. The molecule has 2 nitrogen and oxygen atoms in total. The Labute approximate surface area is 330 Å². The van der Waals surface area contributed by atoms with Crippen LogP contribution in [0.15, 0.2) is 127 Å². The van der Waals surface area contributed by atoms with Gasteiger partial charge in [-0.3, -0.25) is 0 Å². The summed E-state index contributed by atoms with van der Waals surface area (Å²) in [6, 6.07) is 46.9. The first-order valence-corrected chi connectivity index (χ1v) is 19.6. The lowest BCUT2D eigenvalue weighted by molar-refractivity contribution is 0.590. The van der Waals surface area contributed by atoms with Crippen LogP contribution in [0.5, 0.6) is 0 Å². The maximum atomic E-state index is 7.83. The summed E-state index contributed by atoms with van der Waals surface area (Å²) in [6.45, 7) is 26.8. The highest BCUT2D eigenvalue weighted by atomic mass is 35.5.